The molecule has 13 heavy (non-hydrogen) atoms. The van der Waals surface area contributed by atoms with Crippen LogP contribution in [0.4, 0.5) is 4.39 Å². The number of ketones is 1. The highest BCUT2D eigenvalue weighted by molar-refractivity contribution is 6.03. The van der Waals surface area contributed by atoms with Crippen molar-refractivity contribution in [2.45, 2.75) is 6.92 Å². The maximum absolute atomic E-state index is 12.8. The summed E-state index contributed by atoms with van der Waals surface area (Å²) in [4.78, 5) is 11.0. The Labute approximate surface area is 73.1 Å². The molecule has 1 aromatic carbocycles. The molecule has 4 heteroatoms. The van der Waals surface area contributed by atoms with Crippen LogP contribution in [-0.4, -0.2) is 10.9 Å². The maximum Gasteiger partial charge on any atom is 0.210 e. The van der Waals surface area contributed by atoms with Crippen LogP contribution in [0.5, 0.6) is 0 Å². The Morgan fingerprint density at radius 1 is 1.54 bits per heavy atom. The smallest absolute Gasteiger partial charge is 0.210 e. The van der Waals surface area contributed by atoms with Crippen molar-refractivity contribution in [3.05, 3.63) is 29.8 Å². The summed E-state index contributed by atoms with van der Waals surface area (Å²) < 4.78 is 17.5. The third-order valence-electron chi connectivity index (χ3n) is 1.76. The fraction of sp³-hybridized carbons (Fsp3) is 0.111. The highest BCUT2D eigenvalue weighted by Gasteiger charge is 2.12. The van der Waals surface area contributed by atoms with Gasteiger partial charge in [0.05, 0.1) is 5.39 Å². The van der Waals surface area contributed by atoms with Gasteiger partial charge in [0.25, 0.3) is 0 Å². The number of rotatable bonds is 1. The fourth-order valence-corrected chi connectivity index (χ4v) is 1.17. The van der Waals surface area contributed by atoms with E-state index in [-0.39, 0.29) is 11.5 Å². The Balaban J connectivity index is 2.79. The second kappa shape index (κ2) is 2.65. The lowest BCUT2D eigenvalue weighted by Gasteiger charge is -1.88. The van der Waals surface area contributed by atoms with Crippen molar-refractivity contribution in [1.82, 2.24) is 5.16 Å². The summed E-state index contributed by atoms with van der Waals surface area (Å²) in [6, 6.07) is 3.98. The maximum atomic E-state index is 12.8. The number of hydrogen-bond acceptors (Lipinski definition) is 3. The molecule has 2 rings (SSSR count). The van der Waals surface area contributed by atoms with E-state index in [1.54, 1.807) is 0 Å². The molecule has 0 saturated heterocycles. The second-order valence-corrected chi connectivity index (χ2v) is 2.73. The van der Waals surface area contributed by atoms with Crippen molar-refractivity contribution in [3.63, 3.8) is 0 Å². The monoisotopic (exact) mass is 179 g/mol. The van der Waals surface area contributed by atoms with E-state index in [1.807, 2.05) is 0 Å². The van der Waals surface area contributed by atoms with Crippen LogP contribution in [-0.2, 0) is 0 Å². The second-order valence-electron chi connectivity index (χ2n) is 2.73. The molecule has 3 nitrogen and oxygen atoms in total. The van der Waals surface area contributed by atoms with Crippen LogP contribution < -0.4 is 0 Å². The van der Waals surface area contributed by atoms with Gasteiger partial charge in [-0.05, 0) is 18.2 Å². The largest absolute Gasteiger partial charge is 0.352 e. The summed E-state index contributed by atoms with van der Waals surface area (Å²) in [5.74, 6) is -0.555. The van der Waals surface area contributed by atoms with E-state index in [2.05, 4.69) is 5.16 Å². The molecule has 0 saturated carbocycles. The first-order valence-corrected chi connectivity index (χ1v) is 3.74. The molecule has 2 aromatic rings. The van der Waals surface area contributed by atoms with E-state index < -0.39 is 5.82 Å². The molecule has 0 spiro atoms. The molecule has 0 amide bonds. The van der Waals surface area contributed by atoms with Crippen LogP contribution in [0.3, 0.4) is 0 Å². The van der Waals surface area contributed by atoms with Gasteiger partial charge in [0, 0.05) is 6.92 Å². The zero-order chi connectivity index (χ0) is 9.42. The van der Waals surface area contributed by atoms with E-state index in [4.69, 9.17) is 4.52 Å². The number of nitrogens with zero attached hydrogens (tertiary/aromatic N) is 1. The number of fused-ring (bicyclic) bond motifs is 1. The van der Waals surface area contributed by atoms with Gasteiger partial charge in [0.2, 0.25) is 5.76 Å². The Hall–Kier alpha value is -1.71. The molecule has 1 aromatic heterocycles. The molecular formula is C9H6FNO2. The number of benzene rings is 1. The summed E-state index contributed by atoms with van der Waals surface area (Å²) in [5.41, 5.74) is 0.492. The minimum Gasteiger partial charge on any atom is -0.352 e. The number of halogens is 1. The van der Waals surface area contributed by atoms with Crippen LogP contribution in [0, 0.1) is 5.82 Å². The van der Waals surface area contributed by atoms with Crippen LogP contribution >= 0.6 is 0 Å². The normalized spacial score (nSPS) is 10.6. The van der Waals surface area contributed by atoms with E-state index in [9.17, 15) is 9.18 Å². The first-order valence-electron chi connectivity index (χ1n) is 3.74. The fourth-order valence-electron chi connectivity index (χ4n) is 1.17. The van der Waals surface area contributed by atoms with E-state index in [1.165, 1.54) is 25.1 Å². The molecule has 0 aliphatic rings. The molecule has 0 unspecified atom stereocenters. The van der Waals surface area contributed by atoms with Gasteiger partial charge < -0.3 is 4.52 Å². The van der Waals surface area contributed by atoms with Crippen molar-refractivity contribution in [2.24, 2.45) is 0 Å². The minimum absolute atomic E-state index is 0.106. The van der Waals surface area contributed by atoms with Gasteiger partial charge in [-0.15, -0.1) is 0 Å². The molecule has 0 aliphatic heterocycles. The minimum atomic E-state index is -0.404. The summed E-state index contributed by atoms with van der Waals surface area (Å²) in [5, 5.41) is 4.04. The molecule has 0 fully saturated rings. The number of Topliss-reactive ketones (excluding diaryl/α,β-unsaturated/α-hetero) is 1. The zero-order valence-corrected chi connectivity index (χ0v) is 6.87. The van der Waals surface area contributed by atoms with Crippen molar-refractivity contribution in [1.29, 1.82) is 0 Å². The summed E-state index contributed by atoms with van der Waals surface area (Å²) in [6.07, 6.45) is 0. The predicted octanol–water partition coefficient (Wildman–Crippen LogP) is 2.17. The van der Waals surface area contributed by atoms with Gasteiger partial charge in [-0.1, -0.05) is 5.16 Å². The Morgan fingerprint density at radius 2 is 2.31 bits per heavy atom. The Morgan fingerprint density at radius 3 is 3.00 bits per heavy atom. The number of carbonyl (C=O) groups is 1. The van der Waals surface area contributed by atoms with Crippen molar-refractivity contribution < 1.29 is 13.7 Å². The van der Waals surface area contributed by atoms with Crippen LogP contribution in [0.2, 0.25) is 0 Å². The summed E-state index contributed by atoms with van der Waals surface area (Å²) in [7, 11) is 0. The molecule has 0 bridgehead atoms. The predicted molar refractivity (Wildman–Crippen MR) is 44.0 cm³/mol. The number of aromatic nitrogens is 1. The van der Waals surface area contributed by atoms with E-state index in [0.717, 1.165) is 0 Å². The third kappa shape index (κ3) is 1.20. The van der Waals surface area contributed by atoms with Gasteiger partial charge >= 0.3 is 0 Å². The molecule has 0 aliphatic carbocycles. The SMILES string of the molecule is CC(=O)c1onc2ccc(F)cc12. The number of carbonyl (C=O) groups excluding carboxylic acids is 1. The summed E-state index contributed by atoms with van der Waals surface area (Å²) in [6.45, 7) is 1.35. The van der Waals surface area contributed by atoms with Crippen LogP contribution in [0.1, 0.15) is 17.5 Å². The van der Waals surface area contributed by atoms with Gasteiger partial charge in [-0.3, -0.25) is 4.79 Å². The first kappa shape index (κ1) is 7.91. The highest BCUT2D eigenvalue weighted by atomic mass is 19.1. The first-order chi connectivity index (χ1) is 6.18. The van der Waals surface area contributed by atoms with Gasteiger partial charge in [-0.25, -0.2) is 4.39 Å². The van der Waals surface area contributed by atoms with Crippen molar-refractivity contribution >= 4 is 16.7 Å². The van der Waals surface area contributed by atoms with Crippen molar-refractivity contribution in [3.8, 4) is 0 Å². The van der Waals surface area contributed by atoms with E-state index in [0.29, 0.717) is 10.9 Å². The average Bonchev–Trinajstić information content (AvgIpc) is 2.46. The summed E-state index contributed by atoms with van der Waals surface area (Å²) >= 11 is 0. The lowest BCUT2D eigenvalue weighted by Crippen LogP contribution is -1.88. The number of hydrogen-bond donors (Lipinski definition) is 0. The molecular weight excluding hydrogens is 173 g/mol. The van der Waals surface area contributed by atoms with E-state index >= 15 is 0 Å². The molecule has 0 radical (unpaired) electrons. The molecule has 0 atom stereocenters. The Kier molecular flexibility index (Phi) is 1.62. The molecule has 0 N–H and O–H groups in total. The van der Waals surface area contributed by atoms with Crippen molar-refractivity contribution in [2.75, 3.05) is 0 Å². The lowest BCUT2D eigenvalue weighted by atomic mass is 10.2. The van der Waals surface area contributed by atoms with Gasteiger partial charge in [-0.2, -0.15) is 0 Å². The quantitative estimate of drug-likeness (QED) is 0.630. The van der Waals surface area contributed by atoms with Gasteiger partial charge in [0.1, 0.15) is 11.3 Å². The average molecular weight is 179 g/mol. The topological polar surface area (TPSA) is 43.1 Å². The van der Waals surface area contributed by atoms with Gasteiger partial charge in [0.15, 0.2) is 5.78 Å². The lowest BCUT2D eigenvalue weighted by molar-refractivity contribution is 0.0981. The Bertz CT molecular complexity index is 475. The standard InChI is InChI=1S/C9H6FNO2/c1-5(12)9-7-4-6(10)2-3-8(7)11-13-9/h2-4H,1H3. The van der Waals surface area contributed by atoms with Crippen LogP contribution in [0.25, 0.3) is 10.9 Å². The highest BCUT2D eigenvalue weighted by Crippen LogP contribution is 2.19. The zero-order valence-electron chi connectivity index (χ0n) is 6.87. The third-order valence-corrected chi connectivity index (χ3v) is 1.76. The van der Waals surface area contributed by atoms with Crippen LogP contribution in [0.15, 0.2) is 22.7 Å². The molecule has 1 heterocycles. The molecule has 66 valence electrons.